The van der Waals surface area contributed by atoms with Crippen LogP contribution in [0.1, 0.15) is 36.2 Å². The summed E-state index contributed by atoms with van der Waals surface area (Å²) >= 11 is 6.31. The molecule has 17 heavy (non-hydrogen) atoms. The summed E-state index contributed by atoms with van der Waals surface area (Å²) < 4.78 is 1.60. The van der Waals surface area contributed by atoms with Crippen molar-refractivity contribution in [3.8, 4) is 0 Å². The standard InChI is InChI=1S/C12H18ClN3O/c1-15(10-6-4-3-5-9(10)13)12(17)11-7-8-14-16(11)2/h7-10H,3-6H2,1-2H3. The van der Waals surface area contributed by atoms with Gasteiger partial charge in [0.15, 0.2) is 0 Å². The number of aromatic nitrogens is 2. The molecule has 4 nitrogen and oxygen atoms in total. The third kappa shape index (κ3) is 2.46. The van der Waals surface area contributed by atoms with Gasteiger partial charge < -0.3 is 4.90 Å². The summed E-state index contributed by atoms with van der Waals surface area (Å²) in [7, 11) is 3.61. The number of carbonyl (C=O) groups excluding carboxylic acids is 1. The summed E-state index contributed by atoms with van der Waals surface area (Å²) in [4.78, 5) is 14.0. The molecule has 1 aromatic heterocycles. The van der Waals surface area contributed by atoms with E-state index >= 15 is 0 Å². The van der Waals surface area contributed by atoms with Crippen LogP contribution < -0.4 is 0 Å². The van der Waals surface area contributed by atoms with Crippen molar-refractivity contribution >= 4 is 17.5 Å². The first-order valence-corrected chi connectivity index (χ1v) is 6.44. The largest absolute Gasteiger partial charge is 0.336 e. The second-order valence-electron chi connectivity index (χ2n) is 4.62. The summed E-state index contributed by atoms with van der Waals surface area (Å²) in [6.07, 6.45) is 5.94. The molecular formula is C12H18ClN3O. The van der Waals surface area contributed by atoms with E-state index in [1.165, 1.54) is 6.42 Å². The quantitative estimate of drug-likeness (QED) is 0.759. The number of halogens is 1. The van der Waals surface area contributed by atoms with Crippen molar-refractivity contribution in [2.24, 2.45) is 7.05 Å². The predicted octanol–water partition coefficient (Wildman–Crippen LogP) is 2.04. The lowest BCUT2D eigenvalue weighted by Gasteiger charge is -2.34. The van der Waals surface area contributed by atoms with E-state index in [2.05, 4.69) is 5.10 Å². The van der Waals surface area contributed by atoms with Gasteiger partial charge in [-0.3, -0.25) is 9.48 Å². The van der Waals surface area contributed by atoms with Gasteiger partial charge in [-0.25, -0.2) is 0 Å². The molecule has 0 N–H and O–H groups in total. The van der Waals surface area contributed by atoms with E-state index in [-0.39, 0.29) is 17.3 Å². The van der Waals surface area contributed by atoms with Crippen LogP contribution in [0.5, 0.6) is 0 Å². The molecule has 1 amide bonds. The summed E-state index contributed by atoms with van der Waals surface area (Å²) in [6.45, 7) is 0. The molecule has 0 spiro atoms. The number of aryl methyl sites for hydroxylation is 1. The van der Waals surface area contributed by atoms with Crippen molar-refractivity contribution in [3.63, 3.8) is 0 Å². The molecular weight excluding hydrogens is 238 g/mol. The van der Waals surface area contributed by atoms with Crippen molar-refractivity contribution in [2.45, 2.75) is 37.1 Å². The SMILES string of the molecule is CN(C(=O)c1ccnn1C)C1CCCCC1Cl. The van der Waals surface area contributed by atoms with Crippen LogP contribution in [-0.4, -0.2) is 39.1 Å². The van der Waals surface area contributed by atoms with Crippen LogP contribution in [0.15, 0.2) is 12.3 Å². The molecule has 94 valence electrons. The molecule has 0 aliphatic heterocycles. The van der Waals surface area contributed by atoms with Gasteiger partial charge in [-0.1, -0.05) is 12.8 Å². The van der Waals surface area contributed by atoms with Crippen LogP contribution in [-0.2, 0) is 7.05 Å². The molecule has 0 saturated heterocycles. The van der Waals surface area contributed by atoms with Crippen molar-refractivity contribution in [2.75, 3.05) is 7.05 Å². The van der Waals surface area contributed by atoms with Gasteiger partial charge in [-0.15, -0.1) is 11.6 Å². The highest BCUT2D eigenvalue weighted by atomic mass is 35.5. The number of nitrogens with zero attached hydrogens (tertiary/aromatic N) is 3. The average Bonchev–Trinajstić information content (AvgIpc) is 2.74. The van der Waals surface area contributed by atoms with Crippen LogP contribution >= 0.6 is 11.6 Å². The van der Waals surface area contributed by atoms with E-state index < -0.39 is 0 Å². The molecule has 2 atom stereocenters. The second kappa shape index (κ2) is 5.08. The Morgan fingerprint density at radius 3 is 2.82 bits per heavy atom. The van der Waals surface area contributed by atoms with Crippen LogP contribution in [0.25, 0.3) is 0 Å². The van der Waals surface area contributed by atoms with Gasteiger partial charge in [-0.05, 0) is 18.9 Å². The Hall–Kier alpha value is -1.03. The fourth-order valence-electron chi connectivity index (χ4n) is 2.42. The fraction of sp³-hybridized carbons (Fsp3) is 0.667. The van der Waals surface area contributed by atoms with Gasteiger partial charge in [0.2, 0.25) is 0 Å². The third-order valence-electron chi connectivity index (χ3n) is 3.51. The van der Waals surface area contributed by atoms with Gasteiger partial charge in [0, 0.05) is 26.3 Å². The van der Waals surface area contributed by atoms with E-state index in [4.69, 9.17) is 11.6 Å². The maximum atomic E-state index is 12.3. The van der Waals surface area contributed by atoms with E-state index in [0.717, 1.165) is 19.3 Å². The molecule has 0 bridgehead atoms. The topological polar surface area (TPSA) is 38.1 Å². The third-order valence-corrected chi connectivity index (χ3v) is 4.01. The molecule has 1 fully saturated rings. The first-order chi connectivity index (χ1) is 8.11. The number of carbonyl (C=O) groups is 1. The van der Waals surface area contributed by atoms with Gasteiger partial charge in [-0.2, -0.15) is 5.10 Å². The maximum Gasteiger partial charge on any atom is 0.272 e. The highest BCUT2D eigenvalue weighted by Gasteiger charge is 2.30. The molecule has 1 saturated carbocycles. The van der Waals surface area contributed by atoms with E-state index in [9.17, 15) is 4.79 Å². The molecule has 1 aliphatic rings. The summed E-state index contributed by atoms with van der Waals surface area (Å²) in [6, 6.07) is 1.89. The van der Waals surface area contributed by atoms with Crippen LogP contribution in [0.4, 0.5) is 0 Å². The van der Waals surface area contributed by atoms with Gasteiger partial charge in [0.1, 0.15) is 5.69 Å². The smallest absolute Gasteiger partial charge is 0.272 e. The average molecular weight is 256 g/mol. The first kappa shape index (κ1) is 12.4. The van der Waals surface area contributed by atoms with E-state index in [1.54, 1.807) is 28.9 Å². The Balaban J connectivity index is 2.11. The van der Waals surface area contributed by atoms with Gasteiger partial charge in [0.25, 0.3) is 5.91 Å². The minimum Gasteiger partial charge on any atom is -0.336 e. The lowest BCUT2D eigenvalue weighted by Crippen LogP contribution is -2.44. The van der Waals surface area contributed by atoms with Crippen molar-refractivity contribution in [3.05, 3.63) is 18.0 Å². The monoisotopic (exact) mass is 255 g/mol. The Morgan fingerprint density at radius 2 is 2.24 bits per heavy atom. The highest BCUT2D eigenvalue weighted by molar-refractivity contribution is 6.21. The van der Waals surface area contributed by atoms with Crippen LogP contribution in [0, 0.1) is 0 Å². The number of amides is 1. The fourth-order valence-corrected chi connectivity index (χ4v) is 2.87. The van der Waals surface area contributed by atoms with E-state index in [1.807, 2.05) is 7.05 Å². The molecule has 2 rings (SSSR count). The molecule has 1 aromatic rings. The molecule has 1 aliphatic carbocycles. The molecule has 1 heterocycles. The van der Waals surface area contributed by atoms with Gasteiger partial charge >= 0.3 is 0 Å². The Morgan fingerprint density at radius 1 is 1.53 bits per heavy atom. The Bertz CT molecular complexity index is 404. The van der Waals surface area contributed by atoms with Crippen LogP contribution in [0.2, 0.25) is 0 Å². The lowest BCUT2D eigenvalue weighted by atomic mass is 9.94. The maximum absolute atomic E-state index is 12.3. The number of rotatable bonds is 2. The molecule has 2 unspecified atom stereocenters. The van der Waals surface area contributed by atoms with Crippen molar-refractivity contribution in [1.82, 2.24) is 14.7 Å². The highest BCUT2D eigenvalue weighted by Crippen LogP contribution is 2.27. The zero-order valence-electron chi connectivity index (χ0n) is 10.3. The number of alkyl halides is 1. The van der Waals surface area contributed by atoms with Crippen molar-refractivity contribution in [1.29, 1.82) is 0 Å². The summed E-state index contributed by atoms with van der Waals surface area (Å²) in [5.74, 6) is 0.00236. The minimum atomic E-state index is 0.00236. The van der Waals surface area contributed by atoms with Crippen molar-refractivity contribution < 1.29 is 4.79 Å². The molecule has 5 heteroatoms. The Labute approximate surface area is 107 Å². The zero-order chi connectivity index (χ0) is 12.4. The Kier molecular flexibility index (Phi) is 3.72. The molecule has 0 aromatic carbocycles. The molecule has 0 radical (unpaired) electrons. The van der Waals surface area contributed by atoms with Crippen LogP contribution in [0.3, 0.4) is 0 Å². The predicted molar refractivity (Wildman–Crippen MR) is 67.2 cm³/mol. The first-order valence-electron chi connectivity index (χ1n) is 6.00. The normalized spacial score (nSPS) is 24.6. The number of hydrogen-bond acceptors (Lipinski definition) is 2. The number of hydrogen-bond donors (Lipinski definition) is 0. The second-order valence-corrected chi connectivity index (χ2v) is 5.18. The van der Waals surface area contributed by atoms with Gasteiger partial charge in [0.05, 0.1) is 5.38 Å². The summed E-state index contributed by atoms with van der Waals surface area (Å²) in [5.41, 5.74) is 0.613. The summed E-state index contributed by atoms with van der Waals surface area (Å²) in [5, 5.41) is 4.10. The van der Waals surface area contributed by atoms with E-state index in [0.29, 0.717) is 5.69 Å². The lowest BCUT2D eigenvalue weighted by molar-refractivity contribution is 0.0689. The zero-order valence-corrected chi connectivity index (χ0v) is 11.0. The minimum absolute atomic E-state index is 0.00236.